The van der Waals surface area contributed by atoms with Crippen LogP contribution in [0.15, 0.2) is 120 Å². The predicted molar refractivity (Wildman–Crippen MR) is 161 cm³/mol. The van der Waals surface area contributed by atoms with Gasteiger partial charge in [0.15, 0.2) is 0 Å². The lowest BCUT2D eigenvalue weighted by Gasteiger charge is -2.33. The van der Waals surface area contributed by atoms with Gasteiger partial charge in [0.2, 0.25) is 11.8 Å². The summed E-state index contributed by atoms with van der Waals surface area (Å²) in [6, 6.07) is 37.4. The van der Waals surface area contributed by atoms with Gasteiger partial charge in [-0.3, -0.25) is 9.59 Å². The molecule has 4 aromatic carbocycles. The zero-order valence-electron chi connectivity index (χ0n) is 22.5. The molecule has 4 rings (SSSR count). The molecule has 0 saturated heterocycles. The molecular weight excluding hydrogens is 548 g/mol. The van der Waals surface area contributed by atoms with Crippen LogP contribution < -0.4 is 5.32 Å². The number of nitrogens with zero attached hydrogens (tertiary/aromatic N) is 1. The van der Waals surface area contributed by atoms with Gasteiger partial charge in [-0.25, -0.2) is 0 Å². The van der Waals surface area contributed by atoms with Crippen molar-refractivity contribution in [2.45, 2.75) is 51.2 Å². The first-order chi connectivity index (χ1) is 18.9. The standard InChI is InChI=1S/C34H35BrN2O2/c1-25(2)36-34(39)32(22-26-13-6-3-7-14-26)37(24-27-15-12-20-30(35)21-27)33(38)23-31(28-16-8-4-9-17-28)29-18-10-5-11-19-29/h3-21,25,31-32H,22-24H2,1-2H3,(H,36,39). The van der Waals surface area contributed by atoms with Gasteiger partial charge >= 0.3 is 0 Å². The van der Waals surface area contributed by atoms with E-state index in [1.165, 1.54) is 0 Å². The SMILES string of the molecule is CC(C)NC(=O)C(Cc1ccccc1)N(Cc1cccc(Br)c1)C(=O)CC(c1ccccc1)c1ccccc1. The van der Waals surface area contributed by atoms with E-state index in [9.17, 15) is 9.59 Å². The zero-order valence-corrected chi connectivity index (χ0v) is 24.1. The van der Waals surface area contributed by atoms with Crippen LogP contribution in [0.5, 0.6) is 0 Å². The number of benzene rings is 4. The summed E-state index contributed by atoms with van der Waals surface area (Å²) in [7, 11) is 0. The molecule has 0 saturated carbocycles. The minimum atomic E-state index is -0.659. The predicted octanol–water partition coefficient (Wildman–Crippen LogP) is 7.14. The normalized spacial score (nSPS) is 11.8. The van der Waals surface area contributed by atoms with Crippen LogP contribution in [0, 0.1) is 0 Å². The molecule has 0 aromatic heterocycles. The summed E-state index contributed by atoms with van der Waals surface area (Å²) in [5.41, 5.74) is 4.12. The van der Waals surface area contributed by atoms with E-state index in [0.717, 1.165) is 26.7 Å². The zero-order chi connectivity index (χ0) is 27.6. The van der Waals surface area contributed by atoms with Crippen molar-refractivity contribution >= 4 is 27.7 Å². The van der Waals surface area contributed by atoms with E-state index in [2.05, 4.69) is 45.5 Å². The second-order valence-electron chi connectivity index (χ2n) is 10.1. The van der Waals surface area contributed by atoms with E-state index in [1.807, 2.05) is 105 Å². The maximum absolute atomic E-state index is 14.3. The Morgan fingerprint density at radius 2 is 1.28 bits per heavy atom. The Labute approximate surface area is 240 Å². The fourth-order valence-electron chi connectivity index (χ4n) is 4.86. The lowest BCUT2D eigenvalue weighted by Crippen LogP contribution is -2.52. The van der Waals surface area contributed by atoms with Crippen molar-refractivity contribution in [3.05, 3.63) is 142 Å². The molecule has 2 amide bonds. The fourth-order valence-corrected chi connectivity index (χ4v) is 5.30. The maximum atomic E-state index is 14.3. The maximum Gasteiger partial charge on any atom is 0.243 e. The quantitative estimate of drug-likeness (QED) is 0.204. The summed E-state index contributed by atoms with van der Waals surface area (Å²) in [6.45, 7) is 4.22. The van der Waals surface area contributed by atoms with Crippen LogP contribution in [0.25, 0.3) is 0 Å². The van der Waals surface area contributed by atoms with Gasteiger partial charge in [0, 0.05) is 35.8 Å². The first-order valence-corrected chi connectivity index (χ1v) is 14.2. The molecule has 1 unspecified atom stereocenters. The highest BCUT2D eigenvalue weighted by Gasteiger charge is 2.32. The molecule has 0 bridgehead atoms. The Morgan fingerprint density at radius 1 is 0.744 bits per heavy atom. The summed E-state index contributed by atoms with van der Waals surface area (Å²) in [5.74, 6) is -0.337. The molecule has 1 N–H and O–H groups in total. The highest BCUT2D eigenvalue weighted by molar-refractivity contribution is 9.10. The van der Waals surface area contributed by atoms with Crippen molar-refractivity contribution in [3.63, 3.8) is 0 Å². The molecule has 0 fully saturated rings. The van der Waals surface area contributed by atoms with Crippen LogP contribution in [0.4, 0.5) is 0 Å². The van der Waals surface area contributed by atoms with Crippen molar-refractivity contribution in [1.82, 2.24) is 10.2 Å². The monoisotopic (exact) mass is 582 g/mol. The number of carbonyl (C=O) groups excluding carboxylic acids is 2. The van der Waals surface area contributed by atoms with Gasteiger partial charge in [0.1, 0.15) is 6.04 Å². The van der Waals surface area contributed by atoms with Gasteiger partial charge in [-0.1, -0.05) is 119 Å². The minimum Gasteiger partial charge on any atom is -0.352 e. The fraction of sp³-hybridized carbons (Fsp3) is 0.235. The molecule has 4 nitrogen and oxygen atoms in total. The van der Waals surface area contributed by atoms with Gasteiger partial charge in [-0.05, 0) is 48.2 Å². The van der Waals surface area contributed by atoms with Crippen molar-refractivity contribution in [2.75, 3.05) is 0 Å². The molecule has 4 aromatic rings. The van der Waals surface area contributed by atoms with Gasteiger partial charge in [0.05, 0.1) is 0 Å². The first-order valence-electron chi connectivity index (χ1n) is 13.4. The van der Waals surface area contributed by atoms with E-state index < -0.39 is 6.04 Å². The van der Waals surface area contributed by atoms with E-state index in [0.29, 0.717) is 13.0 Å². The smallest absolute Gasteiger partial charge is 0.243 e. The summed E-state index contributed by atoms with van der Waals surface area (Å²) in [5, 5.41) is 3.07. The lowest BCUT2D eigenvalue weighted by atomic mass is 9.87. The largest absolute Gasteiger partial charge is 0.352 e. The van der Waals surface area contributed by atoms with E-state index >= 15 is 0 Å². The number of rotatable bonds is 11. The van der Waals surface area contributed by atoms with Crippen LogP contribution >= 0.6 is 15.9 Å². The molecule has 0 aliphatic heterocycles. The van der Waals surface area contributed by atoms with Crippen LogP contribution in [0.3, 0.4) is 0 Å². The molecule has 5 heteroatoms. The van der Waals surface area contributed by atoms with Crippen LogP contribution in [0.1, 0.15) is 48.4 Å². The second-order valence-corrected chi connectivity index (χ2v) is 11.0. The topological polar surface area (TPSA) is 49.4 Å². The van der Waals surface area contributed by atoms with Crippen LogP contribution in [-0.4, -0.2) is 28.8 Å². The average molecular weight is 584 g/mol. The highest BCUT2D eigenvalue weighted by atomic mass is 79.9. The molecule has 200 valence electrons. The van der Waals surface area contributed by atoms with Gasteiger partial charge < -0.3 is 10.2 Å². The Kier molecular flexibility index (Phi) is 10.1. The number of hydrogen-bond donors (Lipinski definition) is 1. The third-order valence-electron chi connectivity index (χ3n) is 6.73. The Balaban J connectivity index is 1.73. The number of nitrogens with one attached hydrogen (secondary N) is 1. The third-order valence-corrected chi connectivity index (χ3v) is 7.22. The van der Waals surface area contributed by atoms with E-state index in [4.69, 9.17) is 0 Å². The Hall–Kier alpha value is -3.70. The number of halogens is 1. The summed E-state index contributed by atoms with van der Waals surface area (Å²) >= 11 is 3.56. The molecule has 0 heterocycles. The average Bonchev–Trinajstić information content (AvgIpc) is 2.94. The van der Waals surface area contributed by atoms with Gasteiger partial charge in [-0.2, -0.15) is 0 Å². The van der Waals surface area contributed by atoms with E-state index in [1.54, 1.807) is 4.90 Å². The van der Waals surface area contributed by atoms with Gasteiger partial charge in [0.25, 0.3) is 0 Å². The Morgan fingerprint density at radius 3 is 1.82 bits per heavy atom. The van der Waals surface area contributed by atoms with Crippen molar-refractivity contribution in [1.29, 1.82) is 0 Å². The number of carbonyl (C=O) groups is 2. The van der Waals surface area contributed by atoms with Crippen molar-refractivity contribution < 1.29 is 9.59 Å². The van der Waals surface area contributed by atoms with Gasteiger partial charge in [-0.15, -0.1) is 0 Å². The number of hydrogen-bond acceptors (Lipinski definition) is 2. The molecule has 39 heavy (non-hydrogen) atoms. The molecule has 1 atom stereocenters. The second kappa shape index (κ2) is 13.9. The first kappa shape index (κ1) is 28.3. The molecule has 0 spiro atoms. The van der Waals surface area contributed by atoms with Crippen LogP contribution in [0.2, 0.25) is 0 Å². The highest BCUT2D eigenvalue weighted by Crippen LogP contribution is 2.30. The van der Waals surface area contributed by atoms with Crippen molar-refractivity contribution in [2.24, 2.45) is 0 Å². The molecular formula is C34H35BrN2O2. The summed E-state index contributed by atoms with van der Waals surface area (Å²) < 4.78 is 0.935. The molecule has 0 aliphatic carbocycles. The van der Waals surface area contributed by atoms with Crippen molar-refractivity contribution in [3.8, 4) is 0 Å². The third kappa shape index (κ3) is 8.14. The minimum absolute atomic E-state index is 0.0417. The van der Waals surface area contributed by atoms with Crippen LogP contribution in [-0.2, 0) is 22.6 Å². The summed E-state index contributed by atoms with van der Waals surface area (Å²) in [6.07, 6.45) is 0.683. The van der Waals surface area contributed by atoms with E-state index in [-0.39, 0.29) is 30.2 Å². The number of amides is 2. The molecule has 0 aliphatic rings. The lowest BCUT2D eigenvalue weighted by molar-refractivity contribution is -0.141. The summed E-state index contributed by atoms with van der Waals surface area (Å²) in [4.78, 5) is 29.8. The molecule has 0 radical (unpaired) electrons. The Bertz CT molecular complexity index is 1300.